The zero-order valence-electron chi connectivity index (χ0n) is 11.7. The van der Waals surface area contributed by atoms with E-state index in [1.54, 1.807) is 28.9 Å². The van der Waals surface area contributed by atoms with Gasteiger partial charge in [0.05, 0.1) is 28.2 Å². The summed E-state index contributed by atoms with van der Waals surface area (Å²) in [5.74, 6) is -0.542. The quantitative estimate of drug-likeness (QED) is 0.786. The molecule has 0 spiro atoms. The Morgan fingerprint density at radius 2 is 1.60 bits per heavy atom. The van der Waals surface area contributed by atoms with Crippen LogP contribution in [0.4, 0.5) is 5.69 Å². The number of rotatable bonds is 2. The van der Waals surface area contributed by atoms with Gasteiger partial charge in [0.15, 0.2) is 0 Å². The molecular formula is C15H15N3O2. The van der Waals surface area contributed by atoms with E-state index in [4.69, 9.17) is 0 Å². The van der Waals surface area contributed by atoms with E-state index < -0.39 is 0 Å². The van der Waals surface area contributed by atoms with E-state index in [1.807, 2.05) is 20.8 Å². The highest BCUT2D eigenvalue weighted by Crippen LogP contribution is 2.32. The van der Waals surface area contributed by atoms with Crippen molar-refractivity contribution < 1.29 is 9.59 Å². The predicted octanol–water partition coefficient (Wildman–Crippen LogP) is 2.32. The van der Waals surface area contributed by atoms with Gasteiger partial charge in [-0.1, -0.05) is 12.1 Å². The van der Waals surface area contributed by atoms with Gasteiger partial charge in [0.2, 0.25) is 0 Å². The Bertz CT molecular complexity index is 696. The zero-order chi connectivity index (χ0) is 14.4. The van der Waals surface area contributed by atoms with Crippen LogP contribution < -0.4 is 4.90 Å². The summed E-state index contributed by atoms with van der Waals surface area (Å²) in [4.78, 5) is 26.2. The number of carbonyl (C=O) groups is 2. The lowest BCUT2D eigenvalue weighted by molar-refractivity contribution is 0.0925. The molecule has 0 radical (unpaired) electrons. The first-order valence-electron chi connectivity index (χ1n) is 6.58. The van der Waals surface area contributed by atoms with Crippen molar-refractivity contribution in [2.45, 2.75) is 27.3 Å². The van der Waals surface area contributed by atoms with Crippen LogP contribution in [0.2, 0.25) is 0 Å². The summed E-state index contributed by atoms with van der Waals surface area (Å²) in [6.45, 7) is 6.38. The van der Waals surface area contributed by atoms with E-state index in [1.165, 1.54) is 4.90 Å². The molecule has 2 heterocycles. The fourth-order valence-corrected chi connectivity index (χ4v) is 2.71. The number of anilines is 1. The van der Waals surface area contributed by atoms with Gasteiger partial charge in [-0.25, -0.2) is 4.90 Å². The van der Waals surface area contributed by atoms with Gasteiger partial charge in [-0.05, 0) is 32.9 Å². The number of fused-ring (bicyclic) bond motifs is 1. The van der Waals surface area contributed by atoms with Crippen molar-refractivity contribution in [3.05, 3.63) is 46.8 Å². The van der Waals surface area contributed by atoms with Crippen LogP contribution in [0.1, 0.15) is 39.0 Å². The summed E-state index contributed by atoms with van der Waals surface area (Å²) >= 11 is 0. The van der Waals surface area contributed by atoms with Crippen LogP contribution in [-0.4, -0.2) is 21.6 Å². The summed E-state index contributed by atoms with van der Waals surface area (Å²) in [5.41, 5.74) is 3.05. The molecule has 2 amide bonds. The largest absolute Gasteiger partial charge is 0.268 e. The molecule has 0 saturated carbocycles. The summed E-state index contributed by atoms with van der Waals surface area (Å²) in [6, 6.07) is 6.90. The van der Waals surface area contributed by atoms with Crippen molar-refractivity contribution in [2.75, 3.05) is 4.90 Å². The van der Waals surface area contributed by atoms with Crippen LogP contribution in [0.15, 0.2) is 24.3 Å². The molecule has 0 fully saturated rings. The van der Waals surface area contributed by atoms with Crippen molar-refractivity contribution >= 4 is 17.5 Å². The van der Waals surface area contributed by atoms with Crippen LogP contribution in [0, 0.1) is 13.8 Å². The SMILES string of the molecule is CCn1nc(C)c(N2C(=O)c3ccccc3C2=O)c1C. The molecule has 0 saturated heterocycles. The fourth-order valence-electron chi connectivity index (χ4n) is 2.71. The molecule has 2 aromatic rings. The molecular weight excluding hydrogens is 254 g/mol. The van der Waals surface area contributed by atoms with Crippen molar-refractivity contribution in [1.29, 1.82) is 0 Å². The summed E-state index contributed by atoms with van der Waals surface area (Å²) < 4.78 is 1.80. The molecule has 0 unspecified atom stereocenters. The molecule has 102 valence electrons. The first-order chi connectivity index (χ1) is 9.56. The normalized spacial score (nSPS) is 14.1. The third-order valence-electron chi connectivity index (χ3n) is 3.66. The number of hydrogen-bond donors (Lipinski definition) is 0. The molecule has 0 bridgehead atoms. The highest BCUT2D eigenvalue weighted by molar-refractivity contribution is 6.34. The van der Waals surface area contributed by atoms with E-state index in [0.29, 0.717) is 29.1 Å². The number of aromatic nitrogens is 2. The van der Waals surface area contributed by atoms with Crippen LogP contribution in [0.5, 0.6) is 0 Å². The Hall–Kier alpha value is -2.43. The molecule has 5 heteroatoms. The predicted molar refractivity (Wildman–Crippen MR) is 75.0 cm³/mol. The average molecular weight is 269 g/mol. The monoisotopic (exact) mass is 269 g/mol. The number of nitrogens with zero attached hydrogens (tertiary/aromatic N) is 3. The maximum Gasteiger partial charge on any atom is 0.266 e. The third kappa shape index (κ3) is 1.52. The molecule has 1 aliphatic heterocycles. The Labute approximate surface area is 116 Å². The van der Waals surface area contributed by atoms with E-state index in [0.717, 1.165) is 5.69 Å². The highest BCUT2D eigenvalue weighted by atomic mass is 16.2. The van der Waals surface area contributed by atoms with E-state index in [2.05, 4.69) is 5.10 Å². The molecule has 1 aliphatic rings. The number of aryl methyl sites for hydroxylation is 2. The topological polar surface area (TPSA) is 55.2 Å². The van der Waals surface area contributed by atoms with Gasteiger partial charge in [-0.2, -0.15) is 5.10 Å². The van der Waals surface area contributed by atoms with Crippen molar-refractivity contribution in [3.63, 3.8) is 0 Å². The Balaban J connectivity index is 2.17. The van der Waals surface area contributed by atoms with Crippen LogP contribution in [0.3, 0.4) is 0 Å². The van der Waals surface area contributed by atoms with Crippen LogP contribution >= 0.6 is 0 Å². The van der Waals surface area contributed by atoms with Gasteiger partial charge in [0.25, 0.3) is 11.8 Å². The molecule has 0 atom stereocenters. The van der Waals surface area contributed by atoms with Gasteiger partial charge in [-0.3, -0.25) is 14.3 Å². The van der Waals surface area contributed by atoms with E-state index in [-0.39, 0.29) is 11.8 Å². The first kappa shape index (κ1) is 12.6. The van der Waals surface area contributed by atoms with Gasteiger partial charge >= 0.3 is 0 Å². The summed E-state index contributed by atoms with van der Waals surface area (Å²) in [7, 11) is 0. The van der Waals surface area contributed by atoms with Gasteiger partial charge in [0, 0.05) is 6.54 Å². The maximum atomic E-state index is 12.5. The zero-order valence-corrected chi connectivity index (χ0v) is 11.7. The van der Waals surface area contributed by atoms with Gasteiger partial charge < -0.3 is 0 Å². The van der Waals surface area contributed by atoms with E-state index in [9.17, 15) is 9.59 Å². The van der Waals surface area contributed by atoms with Gasteiger partial charge in [-0.15, -0.1) is 0 Å². The van der Waals surface area contributed by atoms with Gasteiger partial charge in [0.1, 0.15) is 0 Å². The lowest BCUT2D eigenvalue weighted by atomic mass is 10.1. The highest BCUT2D eigenvalue weighted by Gasteiger charge is 2.38. The molecule has 1 aromatic heterocycles. The minimum absolute atomic E-state index is 0.271. The lowest BCUT2D eigenvalue weighted by Gasteiger charge is -2.14. The Morgan fingerprint density at radius 3 is 2.05 bits per heavy atom. The third-order valence-corrected chi connectivity index (χ3v) is 3.66. The van der Waals surface area contributed by atoms with Crippen LogP contribution in [0.25, 0.3) is 0 Å². The molecule has 1 aromatic carbocycles. The van der Waals surface area contributed by atoms with Crippen molar-refractivity contribution in [3.8, 4) is 0 Å². The number of imide groups is 1. The molecule has 20 heavy (non-hydrogen) atoms. The van der Waals surface area contributed by atoms with Crippen molar-refractivity contribution in [2.24, 2.45) is 0 Å². The Morgan fingerprint density at radius 1 is 1.05 bits per heavy atom. The molecule has 0 N–H and O–H groups in total. The second-order valence-corrected chi connectivity index (χ2v) is 4.83. The van der Waals surface area contributed by atoms with E-state index >= 15 is 0 Å². The second kappa shape index (κ2) is 4.30. The smallest absolute Gasteiger partial charge is 0.266 e. The number of hydrogen-bond acceptors (Lipinski definition) is 3. The minimum Gasteiger partial charge on any atom is -0.268 e. The second-order valence-electron chi connectivity index (χ2n) is 4.83. The first-order valence-corrected chi connectivity index (χ1v) is 6.58. The number of carbonyl (C=O) groups excluding carboxylic acids is 2. The van der Waals surface area contributed by atoms with Crippen molar-refractivity contribution in [1.82, 2.24) is 9.78 Å². The molecule has 3 rings (SSSR count). The number of amides is 2. The minimum atomic E-state index is -0.271. The molecule has 5 nitrogen and oxygen atoms in total. The maximum absolute atomic E-state index is 12.5. The molecule has 0 aliphatic carbocycles. The standard InChI is InChI=1S/C15H15N3O2/c1-4-17-10(3)13(9(2)16-17)18-14(19)11-7-5-6-8-12(11)15(18)20/h5-8H,4H2,1-3H3. The fraction of sp³-hybridized carbons (Fsp3) is 0.267. The Kier molecular flexibility index (Phi) is 2.71. The summed E-state index contributed by atoms with van der Waals surface area (Å²) in [5, 5.41) is 4.38. The average Bonchev–Trinajstić information content (AvgIpc) is 2.87. The lowest BCUT2D eigenvalue weighted by Crippen LogP contribution is -2.30. The van der Waals surface area contributed by atoms with Crippen LogP contribution in [-0.2, 0) is 6.54 Å². The summed E-state index contributed by atoms with van der Waals surface area (Å²) in [6.07, 6.45) is 0. The number of benzene rings is 1.